The predicted molar refractivity (Wildman–Crippen MR) is 101 cm³/mol. The van der Waals surface area contributed by atoms with E-state index in [9.17, 15) is 22.4 Å². The van der Waals surface area contributed by atoms with Crippen molar-refractivity contribution in [3.8, 4) is 5.75 Å². The van der Waals surface area contributed by atoms with Gasteiger partial charge in [0.25, 0.3) is 0 Å². The number of hydrogen-bond acceptors (Lipinski definition) is 5. The lowest BCUT2D eigenvalue weighted by Crippen LogP contribution is -2.42. The lowest BCUT2D eigenvalue weighted by atomic mass is 10.1. The molecule has 2 rings (SSSR count). The van der Waals surface area contributed by atoms with Gasteiger partial charge < -0.3 is 4.74 Å². The van der Waals surface area contributed by atoms with Crippen molar-refractivity contribution in [1.82, 2.24) is 10.9 Å². The summed E-state index contributed by atoms with van der Waals surface area (Å²) in [4.78, 5) is 23.6. The summed E-state index contributed by atoms with van der Waals surface area (Å²) < 4.78 is 41.0. The van der Waals surface area contributed by atoms with Gasteiger partial charge in [0.1, 0.15) is 11.6 Å². The highest BCUT2D eigenvalue weighted by molar-refractivity contribution is 7.90. The molecule has 150 valence electrons. The zero-order chi connectivity index (χ0) is 20.6. The van der Waals surface area contributed by atoms with E-state index < -0.39 is 15.7 Å². The van der Waals surface area contributed by atoms with Gasteiger partial charge in [0, 0.05) is 12.7 Å². The number of hydrogen-bond donors (Lipinski definition) is 2. The smallest absolute Gasteiger partial charge is 0.242 e. The van der Waals surface area contributed by atoms with E-state index in [1.165, 1.54) is 36.4 Å². The summed E-state index contributed by atoms with van der Waals surface area (Å²) in [6.07, 6.45) is 1.69. The minimum Gasteiger partial charge on any atom is -0.494 e. The molecule has 2 N–H and O–H groups in total. The molecule has 2 amide bonds. The van der Waals surface area contributed by atoms with Crippen molar-refractivity contribution in [2.45, 2.75) is 24.2 Å². The molecule has 0 aliphatic carbocycles. The maximum absolute atomic E-state index is 12.8. The first kappa shape index (κ1) is 21.4. The molecule has 0 aliphatic heterocycles. The quantitative estimate of drug-likeness (QED) is 0.512. The van der Waals surface area contributed by atoms with Crippen LogP contribution in [-0.4, -0.2) is 33.1 Å². The number of sulfone groups is 1. The van der Waals surface area contributed by atoms with Crippen molar-refractivity contribution in [2.24, 2.45) is 0 Å². The topological polar surface area (TPSA) is 102 Å². The largest absolute Gasteiger partial charge is 0.494 e. The maximum Gasteiger partial charge on any atom is 0.242 e. The van der Waals surface area contributed by atoms with E-state index >= 15 is 0 Å². The molecule has 0 unspecified atom stereocenters. The van der Waals surface area contributed by atoms with E-state index in [4.69, 9.17) is 4.74 Å². The molecule has 7 nitrogen and oxygen atoms in total. The maximum atomic E-state index is 12.8. The van der Waals surface area contributed by atoms with Gasteiger partial charge in [-0.05, 0) is 48.4 Å². The van der Waals surface area contributed by atoms with E-state index in [1.807, 2.05) is 0 Å². The van der Waals surface area contributed by atoms with Crippen LogP contribution in [0.1, 0.15) is 18.4 Å². The average Bonchev–Trinajstić information content (AvgIpc) is 2.65. The van der Waals surface area contributed by atoms with Gasteiger partial charge >= 0.3 is 0 Å². The number of rotatable bonds is 8. The number of carbonyl (C=O) groups is 2. The molecular formula is C19H21FN2O5S. The fourth-order valence-corrected chi connectivity index (χ4v) is 2.87. The van der Waals surface area contributed by atoms with Gasteiger partial charge in [0.15, 0.2) is 9.84 Å². The second-order valence-electron chi connectivity index (χ2n) is 6.10. The van der Waals surface area contributed by atoms with Crippen molar-refractivity contribution >= 4 is 21.7 Å². The minimum absolute atomic E-state index is 0.0210. The van der Waals surface area contributed by atoms with Gasteiger partial charge in [-0.2, -0.15) is 0 Å². The van der Waals surface area contributed by atoms with E-state index in [1.54, 1.807) is 12.1 Å². The summed E-state index contributed by atoms with van der Waals surface area (Å²) >= 11 is 0. The van der Waals surface area contributed by atoms with Gasteiger partial charge in [-0.15, -0.1) is 0 Å². The van der Waals surface area contributed by atoms with Crippen LogP contribution < -0.4 is 15.6 Å². The summed E-state index contributed by atoms with van der Waals surface area (Å²) in [7, 11) is -3.25. The van der Waals surface area contributed by atoms with Crippen LogP contribution >= 0.6 is 0 Å². The van der Waals surface area contributed by atoms with Gasteiger partial charge in [-0.1, -0.05) is 12.1 Å². The Hall–Kier alpha value is -2.94. The lowest BCUT2D eigenvalue weighted by Gasteiger charge is -2.09. The third kappa shape index (κ3) is 7.36. The van der Waals surface area contributed by atoms with Crippen molar-refractivity contribution in [3.05, 3.63) is 59.9 Å². The average molecular weight is 408 g/mol. The van der Waals surface area contributed by atoms with E-state index in [0.717, 1.165) is 6.26 Å². The van der Waals surface area contributed by atoms with Gasteiger partial charge in [-0.3, -0.25) is 20.4 Å². The Bertz CT molecular complexity index is 912. The number of hydrazine groups is 1. The molecule has 0 saturated heterocycles. The van der Waals surface area contributed by atoms with Crippen molar-refractivity contribution in [3.63, 3.8) is 0 Å². The summed E-state index contributed by atoms with van der Waals surface area (Å²) in [5, 5.41) is 0. The molecular weight excluding hydrogens is 387 g/mol. The zero-order valence-corrected chi connectivity index (χ0v) is 16.1. The van der Waals surface area contributed by atoms with Crippen LogP contribution in [0, 0.1) is 5.82 Å². The molecule has 0 radical (unpaired) electrons. The summed E-state index contributed by atoms with van der Waals surface area (Å²) in [6, 6.07) is 11.5. The summed E-state index contributed by atoms with van der Waals surface area (Å²) in [5.74, 6) is -0.669. The Labute approximate surface area is 162 Å². The van der Waals surface area contributed by atoms with Crippen LogP contribution in [0.4, 0.5) is 4.39 Å². The first-order valence-electron chi connectivity index (χ1n) is 8.49. The predicted octanol–water partition coefficient (Wildman–Crippen LogP) is 1.78. The Kier molecular flexibility index (Phi) is 7.51. The zero-order valence-electron chi connectivity index (χ0n) is 15.3. The molecule has 28 heavy (non-hydrogen) atoms. The first-order valence-corrected chi connectivity index (χ1v) is 10.4. The molecule has 0 bridgehead atoms. The fraction of sp³-hybridized carbons (Fsp3) is 0.263. The Morgan fingerprint density at radius 2 is 1.57 bits per heavy atom. The number of amides is 2. The summed E-state index contributed by atoms with van der Waals surface area (Å²) in [5.41, 5.74) is 5.22. The highest BCUT2D eigenvalue weighted by atomic mass is 32.2. The highest BCUT2D eigenvalue weighted by Crippen LogP contribution is 2.16. The van der Waals surface area contributed by atoms with Crippen LogP contribution in [0.15, 0.2) is 53.4 Å². The first-order chi connectivity index (χ1) is 13.2. The molecule has 0 aliphatic rings. The summed E-state index contributed by atoms with van der Waals surface area (Å²) in [6.45, 7) is 0.259. The standard InChI is InChI=1S/C19H21FN2O5S/c1-28(25,26)17-10-8-16(9-11-17)27-12-2-3-18(23)21-22-19(24)13-14-4-6-15(20)7-5-14/h4-11H,2-3,12-13H2,1H3,(H,21,23)(H,22,24). The molecule has 0 aromatic heterocycles. The van der Waals surface area contributed by atoms with Crippen LogP contribution in [0.2, 0.25) is 0 Å². The monoisotopic (exact) mass is 408 g/mol. The van der Waals surface area contributed by atoms with Crippen LogP contribution in [0.3, 0.4) is 0 Å². The Balaban J connectivity index is 1.63. The molecule has 0 saturated carbocycles. The number of nitrogens with one attached hydrogen (secondary N) is 2. The van der Waals surface area contributed by atoms with Crippen molar-refractivity contribution in [1.29, 1.82) is 0 Å². The van der Waals surface area contributed by atoms with Gasteiger partial charge in [-0.25, -0.2) is 12.8 Å². The Morgan fingerprint density at radius 3 is 2.18 bits per heavy atom. The molecule has 0 fully saturated rings. The number of benzene rings is 2. The van der Waals surface area contributed by atoms with Gasteiger partial charge in [0.2, 0.25) is 11.8 Å². The fourth-order valence-electron chi connectivity index (χ4n) is 2.24. The lowest BCUT2D eigenvalue weighted by molar-refractivity contribution is -0.128. The number of halogens is 1. The van der Waals surface area contributed by atoms with Crippen LogP contribution in [0.25, 0.3) is 0 Å². The third-order valence-electron chi connectivity index (χ3n) is 3.69. The number of ether oxygens (including phenoxy) is 1. The SMILES string of the molecule is CS(=O)(=O)c1ccc(OCCCC(=O)NNC(=O)Cc2ccc(F)cc2)cc1. The van der Waals surface area contributed by atoms with E-state index in [-0.39, 0.29) is 36.1 Å². The second-order valence-corrected chi connectivity index (χ2v) is 8.11. The molecule has 0 spiro atoms. The second kappa shape index (κ2) is 9.84. The molecule has 2 aromatic carbocycles. The highest BCUT2D eigenvalue weighted by Gasteiger charge is 2.08. The van der Waals surface area contributed by atoms with E-state index in [2.05, 4.69) is 10.9 Å². The van der Waals surface area contributed by atoms with E-state index in [0.29, 0.717) is 17.7 Å². The molecule has 0 heterocycles. The molecule has 0 atom stereocenters. The van der Waals surface area contributed by atoms with Gasteiger partial charge in [0.05, 0.1) is 17.9 Å². The molecule has 9 heteroatoms. The number of carbonyl (C=O) groups excluding carboxylic acids is 2. The normalized spacial score (nSPS) is 10.9. The molecule has 2 aromatic rings. The minimum atomic E-state index is -3.25. The third-order valence-corrected chi connectivity index (χ3v) is 4.82. The van der Waals surface area contributed by atoms with Crippen LogP contribution in [-0.2, 0) is 25.8 Å². The van der Waals surface area contributed by atoms with Crippen molar-refractivity contribution < 1.29 is 27.1 Å². The Morgan fingerprint density at radius 1 is 0.964 bits per heavy atom. The van der Waals surface area contributed by atoms with Crippen molar-refractivity contribution in [2.75, 3.05) is 12.9 Å². The van der Waals surface area contributed by atoms with Crippen LogP contribution in [0.5, 0.6) is 5.75 Å².